The molecular formula is C25H31N3O5. The summed E-state index contributed by atoms with van der Waals surface area (Å²) >= 11 is 0. The van der Waals surface area contributed by atoms with Gasteiger partial charge in [-0.05, 0) is 42.7 Å². The summed E-state index contributed by atoms with van der Waals surface area (Å²) in [6.45, 7) is 6.42. The molecule has 1 aliphatic heterocycles. The monoisotopic (exact) mass is 453 g/mol. The van der Waals surface area contributed by atoms with Crippen molar-refractivity contribution in [1.82, 2.24) is 9.80 Å². The van der Waals surface area contributed by atoms with Crippen molar-refractivity contribution >= 4 is 23.5 Å². The van der Waals surface area contributed by atoms with Gasteiger partial charge in [0.2, 0.25) is 5.91 Å². The van der Waals surface area contributed by atoms with E-state index in [1.807, 2.05) is 43.0 Å². The van der Waals surface area contributed by atoms with Gasteiger partial charge >= 0.3 is 5.97 Å². The first kappa shape index (κ1) is 24.4. The molecule has 3 rings (SSSR count). The van der Waals surface area contributed by atoms with Crippen LogP contribution in [0, 0.1) is 13.8 Å². The van der Waals surface area contributed by atoms with E-state index in [0.29, 0.717) is 38.3 Å². The van der Waals surface area contributed by atoms with Gasteiger partial charge in [-0.15, -0.1) is 0 Å². The molecule has 0 aliphatic carbocycles. The summed E-state index contributed by atoms with van der Waals surface area (Å²) in [7, 11) is 1.58. The first-order valence-electron chi connectivity index (χ1n) is 11.0. The van der Waals surface area contributed by atoms with Gasteiger partial charge in [-0.1, -0.05) is 30.3 Å². The third-order valence-corrected chi connectivity index (χ3v) is 5.64. The molecule has 2 amide bonds. The summed E-state index contributed by atoms with van der Waals surface area (Å²) in [4.78, 5) is 40.9. The van der Waals surface area contributed by atoms with Crippen molar-refractivity contribution in [1.29, 1.82) is 0 Å². The van der Waals surface area contributed by atoms with Gasteiger partial charge in [0.15, 0.2) is 6.61 Å². The van der Waals surface area contributed by atoms with Gasteiger partial charge in [0.1, 0.15) is 0 Å². The fraction of sp³-hybridized carbons (Fsp3) is 0.400. The highest BCUT2D eigenvalue weighted by Gasteiger charge is 2.23. The Morgan fingerprint density at radius 1 is 0.970 bits per heavy atom. The molecule has 1 fully saturated rings. The molecule has 1 N–H and O–H groups in total. The Hall–Kier alpha value is -3.23. The molecule has 2 aromatic carbocycles. The minimum Gasteiger partial charge on any atom is -0.452 e. The molecular weight excluding hydrogens is 422 g/mol. The maximum absolute atomic E-state index is 12.5. The molecule has 2 aromatic rings. The van der Waals surface area contributed by atoms with E-state index in [9.17, 15) is 14.4 Å². The molecule has 1 aliphatic rings. The lowest BCUT2D eigenvalue weighted by Gasteiger charge is -2.34. The number of esters is 1. The highest BCUT2D eigenvalue weighted by molar-refractivity contribution is 5.94. The van der Waals surface area contributed by atoms with Crippen LogP contribution in [-0.2, 0) is 25.7 Å². The molecule has 0 aromatic heterocycles. The Morgan fingerprint density at radius 2 is 1.64 bits per heavy atom. The second-order valence-corrected chi connectivity index (χ2v) is 8.18. The van der Waals surface area contributed by atoms with Crippen LogP contribution in [0.15, 0.2) is 42.5 Å². The quantitative estimate of drug-likeness (QED) is 0.618. The van der Waals surface area contributed by atoms with Crippen LogP contribution in [0.1, 0.15) is 27.0 Å². The number of nitrogens with one attached hydrogen (secondary N) is 1. The summed E-state index contributed by atoms with van der Waals surface area (Å²) < 4.78 is 10.3. The Bertz CT molecular complexity index is 979. The smallest absolute Gasteiger partial charge is 0.338 e. The molecule has 1 heterocycles. The first-order chi connectivity index (χ1) is 15.9. The zero-order valence-corrected chi connectivity index (χ0v) is 19.4. The summed E-state index contributed by atoms with van der Waals surface area (Å²) in [6.07, 6.45) is 0. The SMILES string of the molecule is COCc1cccc(C(=O)OCC(=O)N2CCN(CC(=O)Nc3c(C)cccc3C)CC2)c1. The van der Waals surface area contributed by atoms with Gasteiger partial charge in [0, 0.05) is 39.0 Å². The lowest BCUT2D eigenvalue weighted by molar-refractivity contribution is -0.136. The Balaban J connectivity index is 1.42. The summed E-state index contributed by atoms with van der Waals surface area (Å²) in [5.41, 5.74) is 4.15. The number of hydrogen-bond acceptors (Lipinski definition) is 6. The van der Waals surface area contributed by atoms with E-state index in [-0.39, 0.29) is 25.0 Å². The zero-order valence-electron chi connectivity index (χ0n) is 19.4. The second kappa shape index (κ2) is 11.6. The Morgan fingerprint density at radius 3 is 2.30 bits per heavy atom. The van der Waals surface area contributed by atoms with Crippen LogP contribution in [0.4, 0.5) is 5.69 Å². The van der Waals surface area contributed by atoms with Crippen LogP contribution in [0.5, 0.6) is 0 Å². The van der Waals surface area contributed by atoms with Gasteiger partial charge in [-0.25, -0.2) is 4.79 Å². The standard InChI is InChI=1S/C25H31N3O5/c1-18-6-4-7-19(2)24(18)26-22(29)15-27-10-12-28(13-11-27)23(30)17-33-25(31)21-9-5-8-20(14-21)16-32-3/h4-9,14H,10-13,15-17H2,1-3H3,(H,26,29). The van der Waals surface area contributed by atoms with Gasteiger partial charge in [-0.2, -0.15) is 0 Å². The molecule has 0 unspecified atom stereocenters. The van der Waals surface area contributed by atoms with Crippen molar-refractivity contribution in [3.63, 3.8) is 0 Å². The minimum absolute atomic E-state index is 0.0724. The number of hydrogen-bond donors (Lipinski definition) is 1. The van der Waals surface area contributed by atoms with E-state index >= 15 is 0 Å². The van der Waals surface area contributed by atoms with Crippen LogP contribution in [-0.4, -0.2) is 74.0 Å². The Kier molecular flexibility index (Phi) is 8.57. The number of benzene rings is 2. The van der Waals surface area contributed by atoms with Gasteiger partial charge in [0.05, 0.1) is 18.7 Å². The number of aryl methyl sites for hydroxylation is 2. The fourth-order valence-corrected chi connectivity index (χ4v) is 3.81. The zero-order chi connectivity index (χ0) is 23.8. The largest absolute Gasteiger partial charge is 0.452 e. The van der Waals surface area contributed by atoms with Crippen LogP contribution in [0.2, 0.25) is 0 Å². The van der Waals surface area contributed by atoms with Gasteiger partial charge in [0.25, 0.3) is 5.91 Å². The van der Waals surface area contributed by atoms with E-state index in [1.54, 1.807) is 30.2 Å². The van der Waals surface area contributed by atoms with Crippen molar-refractivity contribution in [2.24, 2.45) is 0 Å². The molecule has 0 bridgehead atoms. The molecule has 0 spiro atoms. The molecule has 0 radical (unpaired) electrons. The highest BCUT2D eigenvalue weighted by Crippen LogP contribution is 2.19. The normalized spacial score (nSPS) is 14.1. The third kappa shape index (κ3) is 6.87. The number of anilines is 1. The van der Waals surface area contributed by atoms with E-state index in [1.165, 1.54) is 0 Å². The number of piperazine rings is 1. The predicted octanol–water partition coefficient (Wildman–Crippen LogP) is 2.39. The van der Waals surface area contributed by atoms with Crippen molar-refractivity contribution < 1.29 is 23.9 Å². The van der Waals surface area contributed by atoms with E-state index in [0.717, 1.165) is 22.4 Å². The lowest BCUT2D eigenvalue weighted by atomic mass is 10.1. The van der Waals surface area contributed by atoms with Gasteiger partial charge in [-0.3, -0.25) is 14.5 Å². The van der Waals surface area contributed by atoms with Crippen molar-refractivity contribution in [2.45, 2.75) is 20.5 Å². The van der Waals surface area contributed by atoms with Crippen molar-refractivity contribution in [3.8, 4) is 0 Å². The number of nitrogens with zero attached hydrogens (tertiary/aromatic N) is 2. The van der Waals surface area contributed by atoms with Crippen LogP contribution in [0.25, 0.3) is 0 Å². The number of carbonyl (C=O) groups excluding carboxylic acids is 3. The summed E-state index contributed by atoms with van der Waals surface area (Å²) in [5.74, 6) is -0.851. The lowest BCUT2D eigenvalue weighted by Crippen LogP contribution is -2.51. The maximum atomic E-state index is 12.5. The van der Waals surface area contributed by atoms with Crippen molar-refractivity contribution in [3.05, 3.63) is 64.7 Å². The number of carbonyl (C=O) groups is 3. The van der Waals surface area contributed by atoms with Crippen LogP contribution >= 0.6 is 0 Å². The number of ether oxygens (including phenoxy) is 2. The number of para-hydroxylation sites is 1. The fourth-order valence-electron chi connectivity index (χ4n) is 3.81. The molecule has 8 nitrogen and oxygen atoms in total. The Labute approximate surface area is 194 Å². The van der Waals surface area contributed by atoms with Crippen LogP contribution in [0.3, 0.4) is 0 Å². The minimum atomic E-state index is -0.539. The molecule has 1 saturated heterocycles. The number of amides is 2. The average Bonchev–Trinajstić information content (AvgIpc) is 2.80. The molecule has 176 valence electrons. The molecule has 8 heteroatoms. The van der Waals surface area contributed by atoms with E-state index < -0.39 is 5.97 Å². The second-order valence-electron chi connectivity index (χ2n) is 8.18. The maximum Gasteiger partial charge on any atom is 0.338 e. The van der Waals surface area contributed by atoms with Crippen molar-refractivity contribution in [2.75, 3.05) is 51.8 Å². The topological polar surface area (TPSA) is 88.2 Å². The third-order valence-electron chi connectivity index (χ3n) is 5.64. The highest BCUT2D eigenvalue weighted by atomic mass is 16.5. The molecule has 0 saturated carbocycles. The summed E-state index contributed by atoms with van der Waals surface area (Å²) in [6, 6.07) is 12.8. The number of rotatable bonds is 8. The number of methoxy groups -OCH3 is 1. The predicted molar refractivity (Wildman–Crippen MR) is 125 cm³/mol. The van der Waals surface area contributed by atoms with Crippen LogP contribution < -0.4 is 5.32 Å². The van der Waals surface area contributed by atoms with E-state index in [4.69, 9.17) is 9.47 Å². The summed E-state index contributed by atoms with van der Waals surface area (Å²) in [5, 5.41) is 2.99. The molecule has 0 atom stereocenters. The first-order valence-corrected chi connectivity index (χ1v) is 11.0. The molecule has 33 heavy (non-hydrogen) atoms. The van der Waals surface area contributed by atoms with Gasteiger partial charge < -0.3 is 19.7 Å². The van der Waals surface area contributed by atoms with E-state index in [2.05, 4.69) is 5.32 Å². The average molecular weight is 454 g/mol.